The Morgan fingerprint density at radius 3 is 2.88 bits per heavy atom. The van der Waals surface area contributed by atoms with Crippen LogP contribution in [0.3, 0.4) is 0 Å². The van der Waals surface area contributed by atoms with Crippen LogP contribution in [0.15, 0.2) is 48.9 Å². The molecule has 6 heterocycles. The number of carbonyl (C=O) groups excluding carboxylic acids is 1. The highest BCUT2D eigenvalue weighted by Gasteiger charge is 2.18. The first-order valence-corrected chi connectivity index (χ1v) is 11.4. The number of fused-ring (bicyclic) bond motifs is 2. The van der Waals surface area contributed by atoms with Crippen molar-refractivity contribution in [2.45, 2.75) is 19.3 Å². The van der Waals surface area contributed by atoms with E-state index in [1.807, 2.05) is 30.3 Å². The molecule has 1 aliphatic heterocycles. The van der Waals surface area contributed by atoms with Crippen molar-refractivity contribution in [1.82, 2.24) is 40.4 Å². The molecule has 170 valence electrons. The molecule has 0 aliphatic carbocycles. The minimum atomic E-state index is 0.0184. The second-order valence-electron chi connectivity index (χ2n) is 8.53. The Kier molecular flexibility index (Phi) is 5.19. The number of nitrogens with zero attached hydrogens (tertiary/aromatic N) is 5. The number of H-pyrrole nitrogens is 2. The van der Waals surface area contributed by atoms with Gasteiger partial charge in [0, 0.05) is 24.4 Å². The van der Waals surface area contributed by atoms with Gasteiger partial charge in [-0.2, -0.15) is 5.10 Å². The minimum Gasteiger partial charge on any atom is -0.335 e. The molecule has 0 radical (unpaired) electrons. The van der Waals surface area contributed by atoms with Crippen molar-refractivity contribution in [3.8, 4) is 22.8 Å². The Hall–Kier alpha value is -4.18. The fourth-order valence-corrected chi connectivity index (χ4v) is 4.39. The van der Waals surface area contributed by atoms with Crippen LogP contribution in [-0.2, 0) is 4.79 Å². The molecule has 5 aromatic heterocycles. The molecule has 0 bridgehead atoms. The maximum absolute atomic E-state index is 12.5. The highest BCUT2D eigenvalue weighted by molar-refractivity contribution is 5.92. The lowest BCUT2D eigenvalue weighted by Crippen LogP contribution is -2.30. The third kappa shape index (κ3) is 3.99. The van der Waals surface area contributed by atoms with E-state index in [2.05, 4.69) is 40.8 Å². The van der Waals surface area contributed by atoms with E-state index in [0.29, 0.717) is 40.7 Å². The van der Waals surface area contributed by atoms with Crippen LogP contribution >= 0.6 is 0 Å². The largest absolute Gasteiger partial charge is 0.335 e. The lowest BCUT2D eigenvalue weighted by atomic mass is 9.94. The van der Waals surface area contributed by atoms with Crippen molar-refractivity contribution < 1.29 is 4.79 Å². The van der Waals surface area contributed by atoms with Gasteiger partial charge < -0.3 is 15.6 Å². The summed E-state index contributed by atoms with van der Waals surface area (Å²) in [4.78, 5) is 33.8. The molecule has 10 nitrogen and oxygen atoms in total. The predicted molar refractivity (Wildman–Crippen MR) is 129 cm³/mol. The molecule has 6 rings (SSSR count). The molecule has 0 aromatic carbocycles. The maximum atomic E-state index is 12.5. The molecule has 0 atom stereocenters. The third-order valence-corrected chi connectivity index (χ3v) is 6.14. The zero-order valence-electron chi connectivity index (χ0n) is 18.4. The Bertz CT molecular complexity index is 1450. The topological polar surface area (TPSA) is 137 Å². The van der Waals surface area contributed by atoms with Crippen molar-refractivity contribution in [3.63, 3.8) is 0 Å². The van der Waals surface area contributed by atoms with E-state index in [4.69, 9.17) is 4.98 Å². The molecule has 1 amide bonds. The quantitative estimate of drug-likeness (QED) is 0.320. The molecule has 0 unspecified atom stereocenters. The number of rotatable bonds is 5. The van der Waals surface area contributed by atoms with Gasteiger partial charge in [-0.1, -0.05) is 0 Å². The molecule has 0 saturated carbocycles. The van der Waals surface area contributed by atoms with Gasteiger partial charge in [-0.05, 0) is 62.2 Å². The summed E-state index contributed by atoms with van der Waals surface area (Å²) in [6.45, 7) is 1.95. The van der Waals surface area contributed by atoms with Crippen molar-refractivity contribution in [2.24, 2.45) is 5.92 Å². The average molecular weight is 454 g/mol. The zero-order valence-corrected chi connectivity index (χ0v) is 18.4. The predicted octanol–water partition coefficient (Wildman–Crippen LogP) is 3.29. The smallest absolute Gasteiger partial charge is 0.224 e. The molecular weight excluding hydrogens is 430 g/mol. The van der Waals surface area contributed by atoms with Crippen LogP contribution < -0.4 is 10.6 Å². The summed E-state index contributed by atoms with van der Waals surface area (Å²) >= 11 is 0. The first-order chi connectivity index (χ1) is 16.7. The molecule has 4 N–H and O–H groups in total. The van der Waals surface area contributed by atoms with E-state index < -0.39 is 0 Å². The van der Waals surface area contributed by atoms with Gasteiger partial charge in [-0.3, -0.25) is 14.9 Å². The van der Waals surface area contributed by atoms with Crippen LogP contribution in [0.5, 0.6) is 0 Å². The van der Waals surface area contributed by atoms with E-state index in [-0.39, 0.29) is 5.91 Å². The van der Waals surface area contributed by atoms with E-state index in [0.717, 1.165) is 48.2 Å². The first kappa shape index (κ1) is 20.4. The van der Waals surface area contributed by atoms with Gasteiger partial charge in [0.25, 0.3) is 0 Å². The SMILES string of the molecule is O=C(CC1CCNCC1)Nc1cncc(-c2ccc3[nH]nc(-c4nc5ncccc5[nH]4)c3n2)c1. The van der Waals surface area contributed by atoms with Crippen molar-refractivity contribution in [1.29, 1.82) is 0 Å². The van der Waals surface area contributed by atoms with Crippen molar-refractivity contribution >= 4 is 33.8 Å². The molecular formula is C24H23N9O. The van der Waals surface area contributed by atoms with Crippen LogP contribution in [0.1, 0.15) is 19.3 Å². The first-order valence-electron chi connectivity index (χ1n) is 11.4. The van der Waals surface area contributed by atoms with Gasteiger partial charge in [-0.15, -0.1) is 0 Å². The van der Waals surface area contributed by atoms with Crippen LogP contribution in [-0.4, -0.2) is 54.1 Å². The number of anilines is 1. The lowest BCUT2D eigenvalue weighted by Gasteiger charge is -2.21. The lowest BCUT2D eigenvalue weighted by molar-refractivity contribution is -0.117. The number of pyridine rings is 3. The highest BCUT2D eigenvalue weighted by Crippen LogP contribution is 2.28. The van der Waals surface area contributed by atoms with Gasteiger partial charge in [0.05, 0.1) is 28.6 Å². The molecule has 34 heavy (non-hydrogen) atoms. The summed E-state index contributed by atoms with van der Waals surface area (Å²) < 4.78 is 0. The van der Waals surface area contributed by atoms with Gasteiger partial charge >= 0.3 is 0 Å². The fraction of sp³-hybridized carbons (Fsp3) is 0.250. The molecule has 5 aromatic rings. The van der Waals surface area contributed by atoms with Crippen LogP contribution in [0, 0.1) is 5.92 Å². The number of amides is 1. The number of piperidine rings is 1. The third-order valence-electron chi connectivity index (χ3n) is 6.14. The number of aromatic nitrogens is 7. The van der Waals surface area contributed by atoms with E-state index in [1.165, 1.54) is 0 Å². The van der Waals surface area contributed by atoms with Crippen LogP contribution in [0.25, 0.3) is 45.0 Å². The molecule has 10 heteroatoms. The summed E-state index contributed by atoms with van der Waals surface area (Å²) in [6, 6.07) is 9.50. The maximum Gasteiger partial charge on any atom is 0.224 e. The fourth-order valence-electron chi connectivity index (χ4n) is 4.39. The average Bonchev–Trinajstić information content (AvgIpc) is 3.48. The number of hydrogen-bond acceptors (Lipinski definition) is 7. The van der Waals surface area contributed by atoms with Gasteiger partial charge in [0.2, 0.25) is 5.91 Å². The van der Waals surface area contributed by atoms with Crippen molar-refractivity contribution in [2.75, 3.05) is 18.4 Å². The second kappa shape index (κ2) is 8.64. The standard InChI is InChI=1S/C24H23N9O/c34-20(10-14-5-8-25-9-6-14)28-16-11-15(12-26-13-16)17-3-4-18-21(29-17)22(33-32-18)24-30-19-2-1-7-27-23(19)31-24/h1-4,7,11-14,25H,5-6,8-10H2,(H,28,34)(H,32,33)(H,27,30,31). The summed E-state index contributed by atoms with van der Waals surface area (Å²) in [5.74, 6) is 1.04. The van der Waals surface area contributed by atoms with Crippen LogP contribution in [0.4, 0.5) is 5.69 Å². The summed E-state index contributed by atoms with van der Waals surface area (Å²) in [6.07, 6.45) is 7.69. The summed E-state index contributed by atoms with van der Waals surface area (Å²) in [5, 5.41) is 13.8. The van der Waals surface area contributed by atoms with Crippen LogP contribution in [0.2, 0.25) is 0 Å². The molecule has 1 saturated heterocycles. The van der Waals surface area contributed by atoms with E-state index in [9.17, 15) is 4.79 Å². The second-order valence-corrected chi connectivity index (χ2v) is 8.53. The number of hydrogen-bond donors (Lipinski definition) is 4. The van der Waals surface area contributed by atoms with Gasteiger partial charge in [-0.25, -0.2) is 15.0 Å². The van der Waals surface area contributed by atoms with Gasteiger partial charge in [0.1, 0.15) is 5.52 Å². The number of aromatic amines is 2. The summed E-state index contributed by atoms with van der Waals surface area (Å²) in [7, 11) is 0. The Labute approximate surface area is 194 Å². The minimum absolute atomic E-state index is 0.0184. The van der Waals surface area contributed by atoms with Crippen molar-refractivity contribution in [3.05, 3.63) is 48.9 Å². The van der Waals surface area contributed by atoms with E-state index in [1.54, 1.807) is 18.6 Å². The number of imidazole rings is 1. The Balaban J connectivity index is 1.27. The highest BCUT2D eigenvalue weighted by atomic mass is 16.1. The van der Waals surface area contributed by atoms with E-state index >= 15 is 0 Å². The zero-order chi connectivity index (χ0) is 22.9. The Morgan fingerprint density at radius 1 is 1.09 bits per heavy atom. The molecule has 1 aliphatic rings. The molecule has 0 spiro atoms. The normalized spacial score (nSPS) is 14.6. The summed E-state index contributed by atoms with van der Waals surface area (Å²) in [5.41, 5.74) is 5.77. The monoisotopic (exact) mass is 453 g/mol. The number of carbonyl (C=O) groups is 1. The number of nitrogens with one attached hydrogen (secondary N) is 4. The molecule has 1 fully saturated rings. The van der Waals surface area contributed by atoms with Gasteiger partial charge in [0.15, 0.2) is 17.2 Å². The Morgan fingerprint density at radius 2 is 2.00 bits per heavy atom.